The Morgan fingerprint density at radius 3 is 2.67 bits per heavy atom. The Hall–Kier alpha value is -3.20. The van der Waals surface area contributed by atoms with Crippen molar-refractivity contribution in [3.63, 3.8) is 0 Å². The van der Waals surface area contributed by atoms with Crippen molar-refractivity contribution in [2.24, 2.45) is 0 Å². The summed E-state index contributed by atoms with van der Waals surface area (Å²) in [6.45, 7) is 2.63. The van der Waals surface area contributed by atoms with Crippen LogP contribution in [0.25, 0.3) is 10.2 Å². The molecule has 0 bridgehead atoms. The highest BCUT2D eigenvalue weighted by molar-refractivity contribution is 7.22. The van der Waals surface area contributed by atoms with Crippen LogP contribution in [-0.2, 0) is 0 Å². The standard InChI is InChI=1S/C18H17N3O5S/c1-3-8-26-13-6-4-11(5-7-13)17(22)20-18-19-16-14(25-2)9-12(21(23)24)10-15(16)27-18/h4-7,9-10H,3,8H2,1-2H3,(H,19,20,22). The number of hydrogen-bond donors (Lipinski definition) is 1. The van der Waals surface area contributed by atoms with Crippen molar-refractivity contribution in [2.45, 2.75) is 13.3 Å². The molecule has 0 unspecified atom stereocenters. The number of rotatable bonds is 7. The maximum Gasteiger partial charge on any atom is 0.274 e. The first-order valence-electron chi connectivity index (χ1n) is 8.19. The fourth-order valence-electron chi connectivity index (χ4n) is 2.39. The van der Waals surface area contributed by atoms with Gasteiger partial charge >= 0.3 is 0 Å². The number of non-ortho nitro benzene ring substituents is 1. The lowest BCUT2D eigenvalue weighted by Crippen LogP contribution is -2.11. The van der Waals surface area contributed by atoms with Crippen LogP contribution in [0.5, 0.6) is 11.5 Å². The average molecular weight is 387 g/mol. The minimum Gasteiger partial charge on any atom is -0.494 e. The fraction of sp³-hybridized carbons (Fsp3) is 0.222. The number of hydrogen-bond acceptors (Lipinski definition) is 7. The normalized spacial score (nSPS) is 10.6. The lowest BCUT2D eigenvalue weighted by atomic mass is 10.2. The molecule has 0 saturated carbocycles. The van der Waals surface area contributed by atoms with Gasteiger partial charge in [-0.25, -0.2) is 4.98 Å². The van der Waals surface area contributed by atoms with Crippen molar-refractivity contribution >= 4 is 38.3 Å². The van der Waals surface area contributed by atoms with E-state index in [1.54, 1.807) is 24.3 Å². The minimum absolute atomic E-state index is 0.0939. The van der Waals surface area contributed by atoms with E-state index in [9.17, 15) is 14.9 Å². The van der Waals surface area contributed by atoms with Gasteiger partial charge in [0.15, 0.2) is 10.9 Å². The molecule has 0 aliphatic heterocycles. The lowest BCUT2D eigenvalue weighted by molar-refractivity contribution is -0.384. The van der Waals surface area contributed by atoms with Gasteiger partial charge < -0.3 is 9.47 Å². The summed E-state index contributed by atoms with van der Waals surface area (Å²) in [5.74, 6) is 0.656. The molecule has 0 atom stereocenters. The number of carbonyl (C=O) groups is 1. The van der Waals surface area contributed by atoms with E-state index < -0.39 is 4.92 Å². The zero-order valence-electron chi connectivity index (χ0n) is 14.7. The van der Waals surface area contributed by atoms with E-state index in [0.717, 1.165) is 17.8 Å². The first kappa shape index (κ1) is 18.6. The number of nitro groups is 1. The van der Waals surface area contributed by atoms with Crippen LogP contribution in [-0.4, -0.2) is 29.5 Å². The van der Waals surface area contributed by atoms with E-state index in [-0.39, 0.29) is 17.3 Å². The Bertz CT molecular complexity index is 985. The Morgan fingerprint density at radius 2 is 2.04 bits per heavy atom. The van der Waals surface area contributed by atoms with Crippen molar-refractivity contribution in [1.29, 1.82) is 0 Å². The quantitative estimate of drug-likeness (QED) is 0.480. The number of nitrogens with one attached hydrogen (secondary N) is 1. The number of thiazole rings is 1. The molecular formula is C18H17N3O5S. The number of ether oxygens (including phenoxy) is 2. The van der Waals surface area contributed by atoms with Crippen LogP contribution in [0.1, 0.15) is 23.7 Å². The molecule has 0 radical (unpaired) electrons. The highest BCUT2D eigenvalue weighted by Gasteiger charge is 2.17. The summed E-state index contributed by atoms with van der Waals surface area (Å²) >= 11 is 1.14. The molecule has 0 aliphatic carbocycles. The molecule has 0 fully saturated rings. The van der Waals surface area contributed by atoms with Crippen molar-refractivity contribution in [3.05, 3.63) is 52.1 Å². The molecule has 9 heteroatoms. The van der Waals surface area contributed by atoms with Gasteiger partial charge in [-0.05, 0) is 30.7 Å². The fourth-order valence-corrected chi connectivity index (χ4v) is 3.30. The number of nitrogens with zero attached hydrogens (tertiary/aromatic N) is 2. The van der Waals surface area contributed by atoms with Gasteiger partial charge in [0.1, 0.15) is 11.3 Å². The van der Waals surface area contributed by atoms with Crippen LogP contribution in [0.2, 0.25) is 0 Å². The molecule has 1 amide bonds. The number of anilines is 1. The van der Waals surface area contributed by atoms with Crippen LogP contribution in [0.3, 0.4) is 0 Å². The number of methoxy groups -OCH3 is 1. The highest BCUT2D eigenvalue weighted by atomic mass is 32.1. The van der Waals surface area contributed by atoms with E-state index in [0.29, 0.717) is 33.3 Å². The SMILES string of the molecule is CCCOc1ccc(C(=O)Nc2nc3c(OC)cc([N+](=O)[O-])cc3s2)cc1. The summed E-state index contributed by atoms with van der Waals surface area (Å²) in [4.78, 5) is 27.3. The zero-order chi connectivity index (χ0) is 19.4. The molecule has 1 heterocycles. The van der Waals surface area contributed by atoms with Crippen molar-refractivity contribution < 1.29 is 19.2 Å². The summed E-state index contributed by atoms with van der Waals surface area (Å²) in [7, 11) is 1.41. The summed E-state index contributed by atoms with van der Waals surface area (Å²) in [5, 5.41) is 14.1. The molecule has 8 nitrogen and oxygen atoms in total. The van der Waals surface area contributed by atoms with E-state index >= 15 is 0 Å². The van der Waals surface area contributed by atoms with Gasteiger partial charge in [-0.2, -0.15) is 0 Å². The predicted octanol–water partition coefficient (Wildman–Crippen LogP) is 4.25. The van der Waals surface area contributed by atoms with Crippen molar-refractivity contribution in [1.82, 2.24) is 4.98 Å². The molecule has 3 aromatic rings. The largest absolute Gasteiger partial charge is 0.494 e. The third-order valence-corrected chi connectivity index (χ3v) is 4.60. The Labute approximate surface area is 158 Å². The number of nitro benzene ring substituents is 1. The predicted molar refractivity (Wildman–Crippen MR) is 103 cm³/mol. The summed E-state index contributed by atoms with van der Waals surface area (Å²) in [5.41, 5.74) is 0.825. The molecule has 27 heavy (non-hydrogen) atoms. The number of benzene rings is 2. The molecular weight excluding hydrogens is 370 g/mol. The van der Waals surface area contributed by atoms with Gasteiger partial charge in [-0.1, -0.05) is 18.3 Å². The second-order valence-electron chi connectivity index (χ2n) is 5.60. The Kier molecular flexibility index (Phi) is 5.51. The molecule has 140 valence electrons. The third kappa shape index (κ3) is 4.14. The van der Waals surface area contributed by atoms with Gasteiger partial charge in [0.05, 0.1) is 29.4 Å². The summed E-state index contributed by atoms with van der Waals surface area (Å²) in [6.07, 6.45) is 0.904. The second kappa shape index (κ2) is 8.00. The van der Waals surface area contributed by atoms with E-state index in [1.165, 1.54) is 19.2 Å². The maximum absolute atomic E-state index is 12.4. The van der Waals surface area contributed by atoms with Gasteiger partial charge in [0, 0.05) is 11.6 Å². The number of carbonyl (C=O) groups excluding carboxylic acids is 1. The summed E-state index contributed by atoms with van der Waals surface area (Å²) in [6, 6.07) is 9.51. The maximum atomic E-state index is 12.4. The van der Waals surface area contributed by atoms with E-state index in [2.05, 4.69) is 10.3 Å². The van der Waals surface area contributed by atoms with Crippen LogP contribution in [0, 0.1) is 10.1 Å². The average Bonchev–Trinajstić information content (AvgIpc) is 3.08. The van der Waals surface area contributed by atoms with Crippen LogP contribution < -0.4 is 14.8 Å². The van der Waals surface area contributed by atoms with Crippen LogP contribution in [0.4, 0.5) is 10.8 Å². The highest BCUT2D eigenvalue weighted by Crippen LogP contribution is 2.36. The van der Waals surface area contributed by atoms with Crippen LogP contribution >= 0.6 is 11.3 Å². The van der Waals surface area contributed by atoms with Gasteiger partial charge in [0.2, 0.25) is 0 Å². The van der Waals surface area contributed by atoms with Crippen molar-refractivity contribution in [3.8, 4) is 11.5 Å². The van der Waals surface area contributed by atoms with Crippen molar-refractivity contribution in [2.75, 3.05) is 19.0 Å². The van der Waals surface area contributed by atoms with E-state index in [4.69, 9.17) is 9.47 Å². The molecule has 0 saturated heterocycles. The Balaban J connectivity index is 1.81. The number of aromatic nitrogens is 1. The van der Waals surface area contributed by atoms with Crippen LogP contribution in [0.15, 0.2) is 36.4 Å². The third-order valence-electron chi connectivity index (χ3n) is 3.69. The smallest absolute Gasteiger partial charge is 0.274 e. The second-order valence-corrected chi connectivity index (χ2v) is 6.63. The first-order chi connectivity index (χ1) is 13.0. The number of fused-ring (bicyclic) bond motifs is 1. The molecule has 2 aromatic carbocycles. The van der Waals surface area contributed by atoms with Gasteiger partial charge in [0.25, 0.3) is 11.6 Å². The monoisotopic (exact) mass is 387 g/mol. The zero-order valence-corrected chi connectivity index (χ0v) is 15.5. The molecule has 3 rings (SSSR count). The molecule has 1 aromatic heterocycles. The lowest BCUT2D eigenvalue weighted by Gasteiger charge is -2.05. The molecule has 1 N–H and O–H groups in total. The topological polar surface area (TPSA) is 104 Å². The van der Waals surface area contributed by atoms with E-state index in [1.807, 2.05) is 6.92 Å². The first-order valence-corrected chi connectivity index (χ1v) is 9.00. The summed E-state index contributed by atoms with van der Waals surface area (Å²) < 4.78 is 11.2. The Morgan fingerprint density at radius 1 is 1.30 bits per heavy atom. The van der Waals surface area contributed by atoms with Gasteiger partial charge in [-0.3, -0.25) is 20.2 Å². The van der Waals surface area contributed by atoms with Gasteiger partial charge in [-0.15, -0.1) is 0 Å². The molecule has 0 aliphatic rings. The minimum atomic E-state index is -0.498. The molecule has 0 spiro atoms. The number of amides is 1.